The molecule has 0 bridgehead atoms. The zero-order chi connectivity index (χ0) is 26.2. The largest absolute Gasteiger partial charge is 0.485 e. The van der Waals surface area contributed by atoms with E-state index >= 15 is 0 Å². The predicted molar refractivity (Wildman–Crippen MR) is 87.4 cm³/mol. The molecule has 4 rings (SSSR count). The van der Waals surface area contributed by atoms with Gasteiger partial charge in [0.15, 0.2) is 5.69 Å². The summed E-state index contributed by atoms with van der Waals surface area (Å²) in [5, 5.41) is 2.27. The van der Waals surface area contributed by atoms with Crippen LogP contribution in [0.1, 0.15) is 62.5 Å². The number of amides is 1. The molecule has 1 aromatic carbocycles. The van der Waals surface area contributed by atoms with Crippen molar-refractivity contribution in [1.82, 2.24) is 14.9 Å². The van der Waals surface area contributed by atoms with Gasteiger partial charge in [-0.2, -0.15) is 0 Å². The zero-order valence-electron chi connectivity index (χ0n) is 23.3. The average Bonchev–Trinajstić information content (AvgIpc) is 3.22. The first-order valence-electron chi connectivity index (χ1n) is 12.8. The van der Waals surface area contributed by atoms with E-state index in [1.54, 1.807) is 0 Å². The van der Waals surface area contributed by atoms with E-state index in [0.717, 1.165) is 4.57 Å². The molecular formula is C18H19N3O3. The molecule has 0 radical (unpaired) electrons. The number of carbonyl (C=O) groups excluding carboxylic acids is 2. The van der Waals surface area contributed by atoms with E-state index in [1.165, 1.54) is 0 Å². The number of rotatable bonds is 4. The molecule has 1 saturated carbocycles. The highest BCUT2D eigenvalue weighted by Gasteiger charge is 2.27. The molecule has 2 heterocycles. The van der Waals surface area contributed by atoms with Crippen LogP contribution in [0.4, 0.5) is 0 Å². The number of hydrogen-bond acceptors (Lipinski definition) is 4. The molecule has 2 unspecified atom stereocenters. The second kappa shape index (κ2) is 6.11. The van der Waals surface area contributed by atoms with Gasteiger partial charge in [0.25, 0.3) is 5.91 Å². The van der Waals surface area contributed by atoms with Crippen LogP contribution in [0.5, 0.6) is 5.75 Å². The highest BCUT2D eigenvalue weighted by atomic mass is 16.5. The van der Waals surface area contributed by atoms with Crippen LogP contribution in [0.2, 0.25) is 0 Å². The Morgan fingerprint density at radius 1 is 1.67 bits per heavy atom. The summed E-state index contributed by atoms with van der Waals surface area (Å²) in [5.41, 5.74) is -2.31. The number of benzene rings is 1. The summed E-state index contributed by atoms with van der Waals surface area (Å²) in [4.78, 5) is 28.5. The standard InChI is InChI=1S/C18H19N3O3/c22-9-8-12-4-3-7-14-17(12)24-10-15-16(19-11-21(14)15)18(23)20-13-5-1-2-6-13/h3-4,7,9,11,13H,1-2,5-6,8,10H2,(H,20,23)/i3D,4D,5D2,7D,8D2,9D,10D,11D,13D. The molecule has 24 heavy (non-hydrogen) atoms. The van der Waals surface area contributed by atoms with Crippen molar-refractivity contribution in [2.45, 2.75) is 44.6 Å². The third kappa shape index (κ3) is 2.48. The van der Waals surface area contributed by atoms with E-state index < -0.39 is 90.3 Å². The van der Waals surface area contributed by atoms with Crippen molar-refractivity contribution in [2.24, 2.45) is 0 Å². The summed E-state index contributed by atoms with van der Waals surface area (Å²) in [7, 11) is 0. The van der Waals surface area contributed by atoms with Crippen molar-refractivity contribution in [3.63, 3.8) is 0 Å². The quantitative estimate of drug-likeness (QED) is 0.869. The fourth-order valence-corrected chi connectivity index (χ4v) is 2.57. The van der Waals surface area contributed by atoms with E-state index in [2.05, 4.69) is 10.3 Å². The predicted octanol–water partition coefficient (Wildman–Crippen LogP) is 2.18. The molecule has 6 heteroatoms. The number of nitrogens with one attached hydrogen (secondary N) is 1. The summed E-state index contributed by atoms with van der Waals surface area (Å²) in [6.45, 7) is -1.87. The molecule has 1 aliphatic carbocycles. The molecule has 1 amide bonds. The summed E-state index contributed by atoms with van der Waals surface area (Å²) in [6, 6.07) is -4.46. The SMILES string of the molecule is [2H]C(=O)C([2H])([2H])c1c([2H])c([2H])c([2H])c2c1OC([2H])c1c(C(=O)NC3([2H])CCCC3([2H])[2H])nc([2H])n1-2. The Kier molecular flexibility index (Phi) is 1.80. The number of aromatic nitrogens is 2. The van der Waals surface area contributed by atoms with Crippen molar-refractivity contribution >= 4 is 12.2 Å². The molecular weight excluding hydrogens is 306 g/mol. The molecule has 2 atom stereocenters. The van der Waals surface area contributed by atoms with Gasteiger partial charge in [-0.1, -0.05) is 24.9 Å². The topological polar surface area (TPSA) is 73.2 Å². The lowest BCUT2D eigenvalue weighted by atomic mass is 10.1. The van der Waals surface area contributed by atoms with Gasteiger partial charge in [-0.25, -0.2) is 4.98 Å². The third-order valence-electron chi connectivity index (χ3n) is 3.67. The van der Waals surface area contributed by atoms with Crippen LogP contribution >= 0.6 is 0 Å². The Labute approximate surface area is 155 Å². The van der Waals surface area contributed by atoms with Crippen molar-refractivity contribution in [3.05, 3.63) is 41.4 Å². The Hall–Kier alpha value is -2.63. The van der Waals surface area contributed by atoms with E-state index in [4.69, 9.17) is 19.8 Å². The van der Waals surface area contributed by atoms with Crippen molar-refractivity contribution in [3.8, 4) is 11.4 Å². The number of para-hydroxylation sites is 1. The van der Waals surface area contributed by atoms with E-state index in [-0.39, 0.29) is 12.8 Å². The van der Waals surface area contributed by atoms with Gasteiger partial charge in [0.1, 0.15) is 27.6 Å². The maximum absolute atomic E-state index is 13.0. The summed E-state index contributed by atoms with van der Waals surface area (Å²) >= 11 is 0. The minimum Gasteiger partial charge on any atom is -0.485 e. The zero-order valence-corrected chi connectivity index (χ0v) is 12.3. The maximum Gasteiger partial charge on any atom is 0.272 e. The van der Waals surface area contributed by atoms with Gasteiger partial charge in [-0.15, -0.1) is 0 Å². The Morgan fingerprint density at radius 3 is 3.38 bits per heavy atom. The Morgan fingerprint density at radius 2 is 2.58 bits per heavy atom. The lowest BCUT2D eigenvalue weighted by Crippen LogP contribution is -2.33. The average molecular weight is 336 g/mol. The smallest absolute Gasteiger partial charge is 0.272 e. The lowest BCUT2D eigenvalue weighted by molar-refractivity contribution is -0.107. The van der Waals surface area contributed by atoms with Crippen LogP contribution in [-0.4, -0.2) is 27.7 Å². The van der Waals surface area contributed by atoms with Crippen LogP contribution in [-0.2, 0) is 17.8 Å². The normalized spacial score (nSPS) is 33.8. The van der Waals surface area contributed by atoms with Crippen LogP contribution < -0.4 is 10.1 Å². The number of ether oxygens (including phenoxy) is 1. The lowest BCUT2D eigenvalue weighted by Gasteiger charge is -2.22. The minimum atomic E-state index is -3.14. The van der Waals surface area contributed by atoms with Crippen molar-refractivity contribution in [1.29, 1.82) is 0 Å². The summed E-state index contributed by atoms with van der Waals surface area (Å²) in [6.07, 6.45) is -7.25. The van der Waals surface area contributed by atoms with Gasteiger partial charge in [0.2, 0.25) is 0 Å². The molecule has 0 saturated heterocycles. The molecule has 1 fully saturated rings. The van der Waals surface area contributed by atoms with Gasteiger partial charge >= 0.3 is 0 Å². The molecule has 1 aromatic heterocycles. The number of imidazole rings is 1. The van der Waals surface area contributed by atoms with Gasteiger partial charge in [-0.05, 0) is 18.8 Å². The molecule has 2 aromatic rings. The molecule has 1 aliphatic heterocycles. The molecule has 0 spiro atoms. The van der Waals surface area contributed by atoms with Crippen molar-refractivity contribution in [2.75, 3.05) is 0 Å². The fraction of sp³-hybridized carbons (Fsp3) is 0.389. The van der Waals surface area contributed by atoms with Crippen LogP contribution in [0, 0.1) is 0 Å². The Balaban J connectivity index is 1.92. The van der Waals surface area contributed by atoms with Crippen molar-refractivity contribution < 1.29 is 29.4 Å². The number of aldehydes is 1. The highest BCUT2D eigenvalue weighted by molar-refractivity contribution is 5.94. The van der Waals surface area contributed by atoms with Gasteiger partial charge in [0, 0.05) is 23.4 Å². The first-order chi connectivity index (χ1) is 16.0. The number of carbonyl (C=O) groups is 2. The second-order valence-corrected chi connectivity index (χ2v) is 5.13. The van der Waals surface area contributed by atoms with Gasteiger partial charge in [0.05, 0.1) is 18.2 Å². The fourth-order valence-electron chi connectivity index (χ4n) is 2.57. The number of fused-ring (bicyclic) bond motifs is 3. The summed E-state index contributed by atoms with van der Waals surface area (Å²) in [5.74, 6) is -1.74. The maximum atomic E-state index is 13.0. The van der Waals surface area contributed by atoms with Crippen LogP contribution in [0.25, 0.3) is 5.69 Å². The van der Waals surface area contributed by atoms with Gasteiger partial charge < -0.3 is 14.8 Å². The Bertz CT molecular complexity index is 1280. The second-order valence-electron chi connectivity index (χ2n) is 5.13. The van der Waals surface area contributed by atoms with Crippen LogP contribution in [0.15, 0.2) is 24.4 Å². The first-order valence-corrected chi connectivity index (χ1v) is 7.21. The molecule has 6 nitrogen and oxygen atoms in total. The first kappa shape index (κ1) is 7.09. The molecule has 2 aliphatic rings. The summed E-state index contributed by atoms with van der Waals surface area (Å²) < 4.78 is 94.8. The van der Waals surface area contributed by atoms with E-state index in [9.17, 15) is 9.59 Å². The van der Waals surface area contributed by atoms with E-state index in [0.29, 0.717) is 6.42 Å². The number of nitrogens with zero attached hydrogens (tertiary/aromatic N) is 2. The molecule has 1 N–H and O–H groups in total. The van der Waals surface area contributed by atoms with Crippen LogP contribution in [0.3, 0.4) is 0 Å². The van der Waals surface area contributed by atoms with E-state index in [1.807, 2.05) is 0 Å². The van der Waals surface area contributed by atoms with Gasteiger partial charge in [-0.3, -0.25) is 9.36 Å². The minimum absolute atomic E-state index is 0.0180. The highest BCUT2D eigenvalue weighted by Crippen LogP contribution is 2.34. The third-order valence-corrected chi connectivity index (χ3v) is 3.67. The number of hydrogen-bond donors (Lipinski definition) is 1. The monoisotopic (exact) mass is 336 g/mol. The molecule has 124 valence electrons.